The molecule has 28 heavy (non-hydrogen) atoms. The Kier molecular flexibility index (Phi) is 8.09. The summed E-state index contributed by atoms with van der Waals surface area (Å²) in [4.78, 5) is 25.6. The SMILES string of the molecule is COc1ccc(/C=C/C(=O)N(CCNC(C)=O)Cc2ccccc2)c(OC)c1. The average Bonchev–Trinajstić information content (AvgIpc) is 2.71. The second kappa shape index (κ2) is 10.8. The van der Waals surface area contributed by atoms with Gasteiger partial charge in [-0.2, -0.15) is 0 Å². The zero-order valence-corrected chi connectivity index (χ0v) is 16.5. The lowest BCUT2D eigenvalue weighted by atomic mass is 10.1. The molecule has 0 aromatic heterocycles. The van der Waals surface area contributed by atoms with Gasteiger partial charge >= 0.3 is 0 Å². The number of amides is 2. The zero-order valence-electron chi connectivity index (χ0n) is 16.5. The van der Waals surface area contributed by atoms with Crippen LogP contribution in [-0.2, 0) is 16.1 Å². The molecule has 0 saturated carbocycles. The van der Waals surface area contributed by atoms with Gasteiger partial charge in [0.2, 0.25) is 11.8 Å². The van der Waals surface area contributed by atoms with E-state index in [1.807, 2.05) is 42.5 Å². The topological polar surface area (TPSA) is 67.9 Å². The van der Waals surface area contributed by atoms with Gasteiger partial charge in [0.15, 0.2) is 0 Å². The fourth-order valence-electron chi connectivity index (χ4n) is 2.66. The highest BCUT2D eigenvalue weighted by atomic mass is 16.5. The van der Waals surface area contributed by atoms with E-state index in [0.717, 1.165) is 11.1 Å². The Hall–Kier alpha value is -3.28. The third kappa shape index (κ3) is 6.46. The minimum atomic E-state index is -0.146. The van der Waals surface area contributed by atoms with E-state index in [2.05, 4.69) is 5.32 Å². The summed E-state index contributed by atoms with van der Waals surface area (Å²) in [5.41, 5.74) is 1.80. The van der Waals surface area contributed by atoms with Crippen molar-refractivity contribution in [1.82, 2.24) is 10.2 Å². The summed E-state index contributed by atoms with van der Waals surface area (Å²) >= 11 is 0. The van der Waals surface area contributed by atoms with E-state index in [1.54, 1.807) is 31.3 Å². The molecule has 148 valence electrons. The van der Waals surface area contributed by atoms with Gasteiger partial charge in [0, 0.05) is 44.3 Å². The summed E-state index contributed by atoms with van der Waals surface area (Å²) in [6.07, 6.45) is 3.23. The predicted molar refractivity (Wildman–Crippen MR) is 109 cm³/mol. The van der Waals surface area contributed by atoms with Gasteiger partial charge in [-0.1, -0.05) is 30.3 Å². The predicted octanol–water partition coefficient (Wildman–Crippen LogP) is 2.88. The molecule has 0 heterocycles. The molecule has 0 aliphatic heterocycles. The van der Waals surface area contributed by atoms with Gasteiger partial charge in [0.1, 0.15) is 11.5 Å². The number of hydrogen-bond donors (Lipinski definition) is 1. The highest BCUT2D eigenvalue weighted by Crippen LogP contribution is 2.25. The summed E-state index contributed by atoms with van der Waals surface area (Å²) in [5.74, 6) is 1.04. The largest absolute Gasteiger partial charge is 0.497 e. The first-order valence-corrected chi connectivity index (χ1v) is 9.01. The van der Waals surface area contributed by atoms with Crippen molar-refractivity contribution in [2.24, 2.45) is 0 Å². The van der Waals surface area contributed by atoms with Crippen LogP contribution in [0.2, 0.25) is 0 Å². The Balaban J connectivity index is 2.14. The van der Waals surface area contributed by atoms with Crippen molar-refractivity contribution in [2.75, 3.05) is 27.3 Å². The minimum absolute atomic E-state index is 0.120. The Morgan fingerprint density at radius 3 is 2.46 bits per heavy atom. The first-order chi connectivity index (χ1) is 13.5. The van der Waals surface area contributed by atoms with Crippen LogP contribution in [0.1, 0.15) is 18.1 Å². The molecule has 0 bridgehead atoms. The number of benzene rings is 2. The van der Waals surface area contributed by atoms with Gasteiger partial charge < -0.3 is 19.7 Å². The number of nitrogens with zero attached hydrogens (tertiary/aromatic N) is 1. The van der Waals surface area contributed by atoms with Crippen LogP contribution in [0.3, 0.4) is 0 Å². The molecule has 0 saturated heterocycles. The summed E-state index contributed by atoms with van der Waals surface area (Å²) in [6.45, 7) is 2.73. The quantitative estimate of drug-likeness (QED) is 0.677. The zero-order chi connectivity index (χ0) is 20.4. The molecule has 2 rings (SSSR count). The third-order valence-electron chi connectivity index (χ3n) is 4.13. The monoisotopic (exact) mass is 382 g/mol. The van der Waals surface area contributed by atoms with Gasteiger partial charge in [0.05, 0.1) is 14.2 Å². The normalized spacial score (nSPS) is 10.5. The van der Waals surface area contributed by atoms with E-state index in [1.165, 1.54) is 13.0 Å². The standard InChI is InChI=1S/C22H26N2O4/c1-17(25)23-13-14-24(16-18-7-5-4-6-8-18)22(26)12-10-19-9-11-20(27-2)15-21(19)28-3/h4-12,15H,13-14,16H2,1-3H3,(H,23,25)/b12-10+. The lowest BCUT2D eigenvalue weighted by Gasteiger charge is -2.21. The van der Waals surface area contributed by atoms with E-state index < -0.39 is 0 Å². The van der Waals surface area contributed by atoms with Gasteiger partial charge in [0.25, 0.3) is 0 Å². The van der Waals surface area contributed by atoms with Crippen molar-refractivity contribution < 1.29 is 19.1 Å². The van der Waals surface area contributed by atoms with Crippen LogP contribution >= 0.6 is 0 Å². The second-order valence-corrected chi connectivity index (χ2v) is 6.17. The molecule has 1 N–H and O–H groups in total. The molecule has 0 spiro atoms. The molecular weight excluding hydrogens is 356 g/mol. The third-order valence-corrected chi connectivity index (χ3v) is 4.13. The van der Waals surface area contributed by atoms with Gasteiger partial charge in [-0.25, -0.2) is 0 Å². The first kappa shape index (κ1) is 21.0. The molecule has 2 amide bonds. The molecule has 6 heteroatoms. The van der Waals surface area contributed by atoms with Gasteiger partial charge in [-0.15, -0.1) is 0 Å². The number of rotatable bonds is 9. The number of ether oxygens (including phenoxy) is 2. The second-order valence-electron chi connectivity index (χ2n) is 6.17. The lowest BCUT2D eigenvalue weighted by Crippen LogP contribution is -2.36. The van der Waals surface area contributed by atoms with Crippen molar-refractivity contribution >= 4 is 17.9 Å². The van der Waals surface area contributed by atoms with Crippen molar-refractivity contribution in [2.45, 2.75) is 13.5 Å². The molecule has 2 aromatic rings. The number of hydrogen-bond acceptors (Lipinski definition) is 4. The average molecular weight is 382 g/mol. The van der Waals surface area contributed by atoms with Crippen LogP contribution in [0.15, 0.2) is 54.6 Å². The molecule has 0 fully saturated rings. The summed E-state index contributed by atoms with van der Waals surface area (Å²) in [6, 6.07) is 15.1. The number of methoxy groups -OCH3 is 2. The smallest absolute Gasteiger partial charge is 0.246 e. The number of carbonyl (C=O) groups is 2. The minimum Gasteiger partial charge on any atom is -0.497 e. The maximum absolute atomic E-state index is 12.8. The molecule has 0 unspecified atom stereocenters. The molecule has 0 aliphatic carbocycles. The van der Waals surface area contributed by atoms with Crippen LogP contribution in [-0.4, -0.2) is 44.0 Å². The fraction of sp³-hybridized carbons (Fsp3) is 0.273. The first-order valence-electron chi connectivity index (χ1n) is 9.01. The van der Waals surface area contributed by atoms with E-state index in [4.69, 9.17) is 9.47 Å². The molecule has 6 nitrogen and oxygen atoms in total. The van der Waals surface area contributed by atoms with Gasteiger partial charge in [-0.05, 0) is 23.8 Å². The highest BCUT2D eigenvalue weighted by Gasteiger charge is 2.12. The Labute approximate surface area is 165 Å². The molecule has 0 atom stereocenters. The van der Waals surface area contributed by atoms with Crippen LogP contribution < -0.4 is 14.8 Å². The molecule has 0 radical (unpaired) electrons. The van der Waals surface area contributed by atoms with Crippen LogP contribution in [0.25, 0.3) is 6.08 Å². The summed E-state index contributed by atoms with van der Waals surface area (Å²) in [7, 11) is 3.16. The number of nitrogens with one attached hydrogen (secondary N) is 1. The Morgan fingerprint density at radius 1 is 1.07 bits per heavy atom. The fourth-order valence-corrected chi connectivity index (χ4v) is 2.66. The van der Waals surface area contributed by atoms with E-state index in [-0.39, 0.29) is 11.8 Å². The van der Waals surface area contributed by atoms with Crippen molar-refractivity contribution in [3.8, 4) is 11.5 Å². The van der Waals surface area contributed by atoms with E-state index >= 15 is 0 Å². The Bertz CT molecular complexity index is 819. The van der Waals surface area contributed by atoms with E-state index in [9.17, 15) is 9.59 Å². The van der Waals surface area contributed by atoms with E-state index in [0.29, 0.717) is 31.1 Å². The van der Waals surface area contributed by atoms with Crippen molar-refractivity contribution in [1.29, 1.82) is 0 Å². The highest BCUT2D eigenvalue weighted by molar-refractivity contribution is 5.92. The van der Waals surface area contributed by atoms with Crippen molar-refractivity contribution in [3.63, 3.8) is 0 Å². The maximum Gasteiger partial charge on any atom is 0.246 e. The Morgan fingerprint density at radius 2 is 1.82 bits per heavy atom. The summed E-state index contributed by atoms with van der Waals surface area (Å²) in [5, 5.41) is 2.73. The van der Waals surface area contributed by atoms with Crippen LogP contribution in [0, 0.1) is 0 Å². The number of carbonyl (C=O) groups excluding carboxylic acids is 2. The van der Waals surface area contributed by atoms with Crippen LogP contribution in [0.5, 0.6) is 11.5 Å². The van der Waals surface area contributed by atoms with Crippen molar-refractivity contribution in [3.05, 3.63) is 65.7 Å². The summed E-state index contributed by atoms with van der Waals surface area (Å²) < 4.78 is 10.6. The van der Waals surface area contributed by atoms with Crippen LogP contribution in [0.4, 0.5) is 0 Å². The lowest BCUT2D eigenvalue weighted by molar-refractivity contribution is -0.127. The molecule has 0 aliphatic rings. The van der Waals surface area contributed by atoms with Gasteiger partial charge in [-0.3, -0.25) is 9.59 Å². The molecular formula is C22H26N2O4. The maximum atomic E-state index is 12.8. The molecule has 2 aromatic carbocycles.